The molecule has 2 N–H and O–H groups in total. The van der Waals surface area contributed by atoms with Crippen LogP contribution in [0.1, 0.15) is 28.5 Å². The van der Waals surface area contributed by atoms with Gasteiger partial charge in [-0.05, 0) is 29.8 Å². The minimum absolute atomic E-state index is 0.0287. The van der Waals surface area contributed by atoms with Gasteiger partial charge in [0.1, 0.15) is 17.1 Å². The minimum atomic E-state index is -0.834. The molecule has 3 aromatic rings. The van der Waals surface area contributed by atoms with Crippen LogP contribution in [0.4, 0.5) is 15.8 Å². The van der Waals surface area contributed by atoms with Crippen molar-refractivity contribution in [3.8, 4) is 0 Å². The Hall–Kier alpha value is -3.72. The lowest BCUT2D eigenvalue weighted by Gasteiger charge is -2.27. The minimum Gasteiger partial charge on any atom is -0.449 e. The van der Waals surface area contributed by atoms with E-state index in [1.54, 1.807) is 29.2 Å². The number of nitrogens with zero attached hydrogens (tertiary/aromatic N) is 1. The Morgan fingerprint density at radius 2 is 1.91 bits per heavy atom. The molecule has 1 fully saturated rings. The first kappa shape index (κ1) is 20.2. The van der Waals surface area contributed by atoms with Crippen LogP contribution in [0, 0.1) is 5.82 Å². The van der Waals surface area contributed by atoms with Crippen molar-refractivity contribution in [2.45, 2.75) is 12.3 Å². The molecule has 8 nitrogen and oxygen atoms in total. The third-order valence-corrected chi connectivity index (χ3v) is 5.71. The molecular formula is C23H20FN3O5. The zero-order chi connectivity index (χ0) is 22.2. The van der Waals surface area contributed by atoms with Crippen LogP contribution in [-0.4, -0.2) is 48.9 Å². The zero-order valence-electron chi connectivity index (χ0n) is 17.0. The smallest absolute Gasteiger partial charge is 0.291 e. The number of benzene rings is 2. The van der Waals surface area contributed by atoms with Gasteiger partial charge in [0.25, 0.3) is 5.91 Å². The first-order valence-electron chi connectivity index (χ1n) is 10.3. The van der Waals surface area contributed by atoms with E-state index in [1.165, 1.54) is 18.2 Å². The SMILES string of the molecule is O=C1CC(C(=O)Nc2c(C(=O)N3CCOCC3)oc3ccccc23)c2ccc(F)cc2N1. The monoisotopic (exact) mass is 437 g/mol. The molecule has 5 rings (SSSR count). The third kappa shape index (κ3) is 3.60. The van der Waals surface area contributed by atoms with Gasteiger partial charge in [0, 0.05) is 30.6 Å². The highest BCUT2D eigenvalue weighted by Crippen LogP contribution is 2.36. The van der Waals surface area contributed by atoms with Gasteiger partial charge in [-0.15, -0.1) is 0 Å². The zero-order valence-corrected chi connectivity index (χ0v) is 17.0. The maximum atomic E-state index is 13.6. The second-order valence-electron chi connectivity index (χ2n) is 7.73. The van der Waals surface area contributed by atoms with Gasteiger partial charge in [0.2, 0.25) is 17.6 Å². The average molecular weight is 437 g/mol. The molecule has 2 aromatic carbocycles. The van der Waals surface area contributed by atoms with E-state index in [0.29, 0.717) is 42.8 Å². The van der Waals surface area contributed by atoms with Crippen LogP contribution < -0.4 is 10.6 Å². The van der Waals surface area contributed by atoms with Crippen LogP contribution in [0.25, 0.3) is 11.0 Å². The molecule has 3 heterocycles. The quantitative estimate of drug-likeness (QED) is 0.656. The molecule has 0 spiro atoms. The number of hydrogen-bond acceptors (Lipinski definition) is 5. The predicted molar refractivity (Wildman–Crippen MR) is 114 cm³/mol. The van der Waals surface area contributed by atoms with Crippen molar-refractivity contribution in [1.29, 1.82) is 0 Å². The molecule has 1 unspecified atom stereocenters. The van der Waals surface area contributed by atoms with Crippen molar-refractivity contribution in [3.05, 3.63) is 59.6 Å². The Morgan fingerprint density at radius 1 is 1.12 bits per heavy atom. The molecule has 0 saturated carbocycles. The Labute approximate surface area is 182 Å². The highest BCUT2D eigenvalue weighted by atomic mass is 19.1. The van der Waals surface area contributed by atoms with Crippen LogP contribution in [0.3, 0.4) is 0 Å². The van der Waals surface area contributed by atoms with Crippen molar-refractivity contribution in [2.24, 2.45) is 0 Å². The van der Waals surface area contributed by atoms with Crippen LogP contribution in [0.2, 0.25) is 0 Å². The summed E-state index contributed by atoms with van der Waals surface area (Å²) in [4.78, 5) is 40.2. The Bertz CT molecular complexity index is 1230. The van der Waals surface area contributed by atoms with E-state index in [2.05, 4.69) is 10.6 Å². The molecule has 1 saturated heterocycles. The number of rotatable bonds is 3. The molecule has 9 heteroatoms. The van der Waals surface area contributed by atoms with Crippen molar-refractivity contribution < 1.29 is 27.9 Å². The second-order valence-corrected chi connectivity index (χ2v) is 7.73. The topological polar surface area (TPSA) is 101 Å². The number of carbonyl (C=O) groups is 3. The molecule has 2 aliphatic heterocycles. The van der Waals surface area contributed by atoms with Gasteiger partial charge in [-0.25, -0.2) is 4.39 Å². The number of anilines is 2. The summed E-state index contributed by atoms with van der Waals surface area (Å²) in [6, 6.07) is 10.9. The van der Waals surface area contributed by atoms with E-state index in [-0.39, 0.29) is 35.4 Å². The molecule has 0 aliphatic carbocycles. The number of para-hydroxylation sites is 1. The summed E-state index contributed by atoms with van der Waals surface area (Å²) in [5, 5.41) is 5.99. The number of hydrogen-bond donors (Lipinski definition) is 2. The second kappa shape index (κ2) is 8.08. The Kier molecular flexibility index (Phi) is 5.10. The van der Waals surface area contributed by atoms with Gasteiger partial charge in [0.05, 0.1) is 19.1 Å². The Morgan fingerprint density at radius 3 is 2.72 bits per heavy atom. The summed E-state index contributed by atoms with van der Waals surface area (Å²) >= 11 is 0. The first-order chi connectivity index (χ1) is 15.5. The van der Waals surface area contributed by atoms with Gasteiger partial charge in [0.15, 0.2) is 0 Å². The van der Waals surface area contributed by atoms with Crippen molar-refractivity contribution in [2.75, 3.05) is 36.9 Å². The van der Waals surface area contributed by atoms with E-state index in [9.17, 15) is 18.8 Å². The fourth-order valence-electron chi connectivity index (χ4n) is 4.11. The number of ether oxygens (including phenoxy) is 1. The summed E-state index contributed by atoms with van der Waals surface area (Å²) in [6.07, 6.45) is -0.0903. The number of halogens is 1. The van der Waals surface area contributed by atoms with Crippen LogP contribution in [0.15, 0.2) is 46.9 Å². The fraction of sp³-hybridized carbons (Fsp3) is 0.261. The molecule has 2 aliphatic rings. The third-order valence-electron chi connectivity index (χ3n) is 5.71. The van der Waals surface area contributed by atoms with Crippen molar-refractivity contribution in [3.63, 3.8) is 0 Å². The molecule has 3 amide bonds. The lowest BCUT2D eigenvalue weighted by molar-refractivity contribution is -0.123. The predicted octanol–water partition coefficient (Wildman–Crippen LogP) is 3.11. The van der Waals surface area contributed by atoms with E-state index in [0.717, 1.165) is 0 Å². The van der Waals surface area contributed by atoms with Crippen LogP contribution in [-0.2, 0) is 14.3 Å². The lowest BCUT2D eigenvalue weighted by atomic mass is 9.89. The van der Waals surface area contributed by atoms with Crippen molar-refractivity contribution >= 4 is 40.1 Å². The van der Waals surface area contributed by atoms with Gasteiger partial charge in [-0.1, -0.05) is 18.2 Å². The number of amides is 3. The van der Waals surface area contributed by atoms with Crippen LogP contribution in [0.5, 0.6) is 0 Å². The highest BCUT2D eigenvalue weighted by Gasteiger charge is 2.33. The number of fused-ring (bicyclic) bond motifs is 2. The molecule has 1 aromatic heterocycles. The first-order valence-corrected chi connectivity index (χ1v) is 10.3. The lowest BCUT2D eigenvalue weighted by Crippen LogP contribution is -2.41. The summed E-state index contributed by atoms with van der Waals surface area (Å²) in [5.41, 5.74) is 1.50. The molecule has 164 valence electrons. The average Bonchev–Trinajstić information content (AvgIpc) is 3.16. The van der Waals surface area contributed by atoms with E-state index >= 15 is 0 Å². The van der Waals surface area contributed by atoms with Gasteiger partial charge >= 0.3 is 0 Å². The van der Waals surface area contributed by atoms with Gasteiger partial charge in [-0.2, -0.15) is 0 Å². The highest BCUT2D eigenvalue weighted by molar-refractivity contribution is 6.13. The summed E-state index contributed by atoms with van der Waals surface area (Å²) < 4.78 is 24.8. The number of furan rings is 1. The van der Waals surface area contributed by atoms with Crippen molar-refractivity contribution in [1.82, 2.24) is 4.90 Å². The maximum Gasteiger partial charge on any atom is 0.291 e. The van der Waals surface area contributed by atoms with Gasteiger partial charge in [-0.3, -0.25) is 14.4 Å². The molecular weight excluding hydrogens is 417 g/mol. The van der Waals surface area contributed by atoms with Crippen LogP contribution >= 0.6 is 0 Å². The van der Waals surface area contributed by atoms with E-state index < -0.39 is 17.6 Å². The molecule has 0 bridgehead atoms. The normalized spacial score (nSPS) is 18.2. The number of carbonyl (C=O) groups excluding carboxylic acids is 3. The summed E-state index contributed by atoms with van der Waals surface area (Å²) in [5.74, 6) is -2.52. The number of nitrogens with one attached hydrogen (secondary N) is 2. The summed E-state index contributed by atoms with van der Waals surface area (Å²) in [6.45, 7) is 1.70. The molecule has 1 atom stereocenters. The Balaban J connectivity index is 1.51. The van der Waals surface area contributed by atoms with Gasteiger partial charge < -0.3 is 24.7 Å². The maximum absolute atomic E-state index is 13.6. The number of morpholine rings is 1. The fourth-order valence-corrected chi connectivity index (χ4v) is 4.11. The summed E-state index contributed by atoms with van der Waals surface area (Å²) in [7, 11) is 0. The standard InChI is InChI=1S/C23H20FN3O5/c24-13-5-6-14-16(12-19(28)25-17(14)11-13)22(29)26-20-15-3-1-2-4-18(15)32-21(20)23(30)27-7-9-31-10-8-27/h1-6,11,16H,7-10,12H2,(H,25,28)(H,26,29). The largest absolute Gasteiger partial charge is 0.449 e. The molecule has 32 heavy (non-hydrogen) atoms. The van der Waals surface area contributed by atoms with E-state index in [1.807, 2.05) is 0 Å². The van der Waals surface area contributed by atoms with E-state index in [4.69, 9.17) is 9.15 Å². The molecule has 0 radical (unpaired) electrons.